The molecule has 1 aromatic rings. The molecule has 0 atom stereocenters. The predicted octanol–water partition coefficient (Wildman–Crippen LogP) is 1.25. The van der Waals surface area contributed by atoms with Crippen molar-refractivity contribution < 1.29 is 4.39 Å². The van der Waals surface area contributed by atoms with Crippen molar-refractivity contribution in [3.05, 3.63) is 34.0 Å². The second-order valence-corrected chi connectivity index (χ2v) is 2.03. The number of halogens is 2. The van der Waals surface area contributed by atoms with Crippen molar-refractivity contribution in [3.63, 3.8) is 0 Å². The highest BCUT2D eigenvalue weighted by molar-refractivity contribution is 6.17. The van der Waals surface area contributed by atoms with Gasteiger partial charge in [-0.25, -0.2) is 4.39 Å². The van der Waals surface area contributed by atoms with Crippen molar-refractivity contribution in [3.8, 4) is 0 Å². The predicted molar refractivity (Wildman–Crippen MR) is 36.6 cm³/mol. The highest BCUT2D eigenvalue weighted by atomic mass is 35.5. The van der Waals surface area contributed by atoms with Gasteiger partial charge in [-0.3, -0.25) is 4.79 Å². The second-order valence-electron chi connectivity index (χ2n) is 1.77. The molecule has 1 heterocycles. The normalized spacial score (nSPS) is 9.80. The summed E-state index contributed by atoms with van der Waals surface area (Å²) in [6.07, 6.45) is 1.24. The first-order valence-electron chi connectivity index (χ1n) is 2.67. The molecular weight excluding hydrogens is 157 g/mol. The summed E-state index contributed by atoms with van der Waals surface area (Å²) in [6, 6.07) is 1.17. The lowest BCUT2D eigenvalue weighted by Crippen LogP contribution is -2.12. The average Bonchev–Trinajstić information content (AvgIpc) is 1.88. The first kappa shape index (κ1) is 7.28. The van der Waals surface area contributed by atoms with Crippen molar-refractivity contribution in [2.24, 2.45) is 0 Å². The first-order chi connectivity index (χ1) is 4.75. The number of aromatic nitrogens is 1. The Hall–Kier alpha value is -0.830. The highest BCUT2D eigenvalue weighted by Gasteiger charge is 2.02. The number of hydrogen-bond donors (Lipinski definition) is 1. The van der Waals surface area contributed by atoms with Gasteiger partial charge in [0, 0.05) is 6.20 Å². The van der Waals surface area contributed by atoms with E-state index >= 15 is 0 Å². The van der Waals surface area contributed by atoms with Gasteiger partial charge in [0.05, 0.1) is 11.4 Å². The van der Waals surface area contributed by atoms with E-state index in [2.05, 4.69) is 4.98 Å². The van der Waals surface area contributed by atoms with Crippen LogP contribution in [0.15, 0.2) is 17.1 Å². The molecule has 4 heteroatoms. The Morgan fingerprint density at radius 2 is 2.40 bits per heavy atom. The minimum atomic E-state index is -0.557. The molecule has 54 valence electrons. The smallest absolute Gasteiger partial charge is 0.255 e. The number of pyridine rings is 1. The lowest BCUT2D eigenvalue weighted by Gasteiger charge is -1.93. The molecule has 0 aliphatic heterocycles. The van der Waals surface area contributed by atoms with E-state index in [4.69, 9.17) is 11.6 Å². The quantitative estimate of drug-likeness (QED) is 0.618. The minimum absolute atomic E-state index is 0.0100. The van der Waals surface area contributed by atoms with E-state index in [1.54, 1.807) is 0 Å². The Balaban J connectivity index is 3.31. The molecule has 2 nitrogen and oxygen atoms in total. The van der Waals surface area contributed by atoms with Crippen molar-refractivity contribution >= 4 is 11.6 Å². The third-order valence-corrected chi connectivity index (χ3v) is 1.41. The Labute approximate surface area is 61.6 Å². The van der Waals surface area contributed by atoms with E-state index < -0.39 is 11.4 Å². The van der Waals surface area contributed by atoms with Crippen LogP contribution in [0.2, 0.25) is 0 Å². The van der Waals surface area contributed by atoms with Gasteiger partial charge in [0.1, 0.15) is 5.82 Å². The topological polar surface area (TPSA) is 32.9 Å². The molecule has 0 amide bonds. The summed E-state index contributed by atoms with van der Waals surface area (Å²) in [5, 5.41) is 0. The summed E-state index contributed by atoms with van der Waals surface area (Å²) in [4.78, 5) is 13.0. The number of rotatable bonds is 1. The van der Waals surface area contributed by atoms with Gasteiger partial charge in [-0.15, -0.1) is 11.6 Å². The molecule has 0 aliphatic rings. The maximum Gasteiger partial charge on any atom is 0.255 e. The van der Waals surface area contributed by atoms with Gasteiger partial charge in [0.25, 0.3) is 5.56 Å². The number of H-pyrrole nitrogens is 1. The molecule has 0 bridgehead atoms. The Bertz CT molecular complexity index is 283. The van der Waals surface area contributed by atoms with Gasteiger partial charge < -0.3 is 4.98 Å². The van der Waals surface area contributed by atoms with Crippen LogP contribution in [0.3, 0.4) is 0 Å². The molecule has 0 aromatic carbocycles. The van der Waals surface area contributed by atoms with Gasteiger partial charge in [0.2, 0.25) is 0 Å². The molecule has 0 unspecified atom stereocenters. The zero-order chi connectivity index (χ0) is 7.56. The monoisotopic (exact) mass is 161 g/mol. The summed E-state index contributed by atoms with van der Waals surface area (Å²) < 4.78 is 12.5. The average molecular weight is 162 g/mol. The molecular formula is C6H5ClFNO. The van der Waals surface area contributed by atoms with E-state index in [9.17, 15) is 9.18 Å². The van der Waals surface area contributed by atoms with Gasteiger partial charge >= 0.3 is 0 Å². The summed E-state index contributed by atoms with van der Waals surface area (Å²) in [7, 11) is 0. The van der Waals surface area contributed by atoms with E-state index in [0.717, 1.165) is 0 Å². The SMILES string of the molecule is O=c1[nH]ccc(F)c1CCl. The summed E-state index contributed by atoms with van der Waals surface area (Å²) in [5.41, 5.74) is -0.473. The maximum absolute atomic E-state index is 12.5. The molecule has 0 aliphatic carbocycles. The van der Waals surface area contributed by atoms with Gasteiger partial charge in [-0.1, -0.05) is 0 Å². The minimum Gasteiger partial charge on any atom is -0.329 e. The molecule has 0 radical (unpaired) electrons. The molecule has 0 spiro atoms. The highest BCUT2D eigenvalue weighted by Crippen LogP contribution is 2.01. The van der Waals surface area contributed by atoms with Crippen molar-refractivity contribution in [2.45, 2.75) is 5.88 Å². The van der Waals surface area contributed by atoms with E-state index in [0.29, 0.717) is 0 Å². The largest absolute Gasteiger partial charge is 0.329 e. The maximum atomic E-state index is 12.5. The van der Waals surface area contributed by atoms with Gasteiger partial charge in [-0.2, -0.15) is 0 Å². The fourth-order valence-corrected chi connectivity index (χ4v) is 0.860. The fourth-order valence-electron chi connectivity index (χ4n) is 0.611. The Morgan fingerprint density at radius 1 is 1.70 bits per heavy atom. The van der Waals surface area contributed by atoms with Crippen LogP contribution < -0.4 is 5.56 Å². The molecule has 1 N–H and O–H groups in total. The lowest BCUT2D eigenvalue weighted by molar-refractivity contribution is 0.611. The van der Waals surface area contributed by atoms with Crippen LogP contribution in [-0.4, -0.2) is 4.98 Å². The number of alkyl halides is 1. The first-order valence-corrected chi connectivity index (χ1v) is 3.21. The van der Waals surface area contributed by atoms with Crippen molar-refractivity contribution in [1.29, 1.82) is 0 Å². The third-order valence-electron chi connectivity index (χ3n) is 1.14. The van der Waals surface area contributed by atoms with Crippen LogP contribution in [0.5, 0.6) is 0 Å². The lowest BCUT2D eigenvalue weighted by atomic mass is 10.3. The van der Waals surface area contributed by atoms with Crippen molar-refractivity contribution in [2.75, 3.05) is 0 Å². The van der Waals surface area contributed by atoms with Crippen LogP contribution in [0.25, 0.3) is 0 Å². The molecule has 1 rings (SSSR count). The van der Waals surface area contributed by atoms with E-state index in [1.807, 2.05) is 0 Å². The summed E-state index contributed by atoms with van der Waals surface area (Å²) in [5.74, 6) is -0.652. The molecule has 1 aromatic heterocycles. The summed E-state index contributed by atoms with van der Waals surface area (Å²) in [6.45, 7) is 0. The van der Waals surface area contributed by atoms with E-state index in [-0.39, 0.29) is 11.4 Å². The van der Waals surface area contributed by atoms with E-state index in [1.165, 1.54) is 12.3 Å². The van der Waals surface area contributed by atoms with Crippen LogP contribution in [0.1, 0.15) is 5.56 Å². The number of hydrogen-bond acceptors (Lipinski definition) is 1. The van der Waals surface area contributed by atoms with Crippen LogP contribution in [0.4, 0.5) is 4.39 Å². The molecule has 0 saturated heterocycles. The van der Waals surface area contributed by atoms with Gasteiger partial charge in [-0.05, 0) is 6.07 Å². The second kappa shape index (κ2) is 2.84. The zero-order valence-corrected chi connectivity index (χ0v) is 5.78. The third kappa shape index (κ3) is 1.19. The molecule has 0 saturated carbocycles. The van der Waals surface area contributed by atoms with Crippen molar-refractivity contribution in [1.82, 2.24) is 4.98 Å². The fraction of sp³-hybridized carbons (Fsp3) is 0.167. The number of nitrogens with one attached hydrogen (secondary N) is 1. The van der Waals surface area contributed by atoms with Crippen LogP contribution in [-0.2, 0) is 5.88 Å². The Kier molecular flexibility index (Phi) is 2.06. The standard InChI is InChI=1S/C6H5ClFNO/c7-3-4-5(8)1-2-9-6(4)10/h1-2H,3H2,(H,9,10). The Morgan fingerprint density at radius 3 is 2.80 bits per heavy atom. The zero-order valence-electron chi connectivity index (χ0n) is 5.03. The van der Waals surface area contributed by atoms with Crippen LogP contribution in [0, 0.1) is 5.82 Å². The molecule has 0 fully saturated rings. The number of aromatic amines is 1. The molecule has 10 heavy (non-hydrogen) atoms. The van der Waals surface area contributed by atoms with Crippen LogP contribution >= 0.6 is 11.6 Å². The van der Waals surface area contributed by atoms with Gasteiger partial charge in [0.15, 0.2) is 0 Å². The summed E-state index contributed by atoms with van der Waals surface area (Å²) >= 11 is 5.28.